The molecule has 0 aromatic heterocycles. The standard InChI is InChI=1S/C17H23N3O3/c21-16(15-4-2-1-3-5-15)14-18-6-8-19(9-7-18)17(22)20-10-12-23-13-11-20/h1-5H,6-14H2. The summed E-state index contributed by atoms with van der Waals surface area (Å²) in [5, 5.41) is 0. The number of urea groups is 1. The molecule has 2 saturated heterocycles. The molecular weight excluding hydrogens is 294 g/mol. The number of piperazine rings is 1. The Kier molecular flexibility index (Phi) is 5.25. The van der Waals surface area contributed by atoms with Gasteiger partial charge in [-0.2, -0.15) is 0 Å². The van der Waals surface area contributed by atoms with Gasteiger partial charge >= 0.3 is 6.03 Å². The van der Waals surface area contributed by atoms with E-state index in [0.717, 1.165) is 18.7 Å². The first-order valence-electron chi connectivity index (χ1n) is 8.16. The highest BCUT2D eigenvalue weighted by Crippen LogP contribution is 2.09. The molecule has 0 saturated carbocycles. The van der Waals surface area contributed by atoms with Gasteiger partial charge in [-0.05, 0) is 0 Å². The number of nitrogens with zero attached hydrogens (tertiary/aromatic N) is 3. The number of carbonyl (C=O) groups excluding carboxylic acids is 2. The van der Waals surface area contributed by atoms with Gasteiger partial charge in [0.1, 0.15) is 0 Å². The fourth-order valence-electron chi connectivity index (χ4n) is 2.97. The molecule has 23 heavy (non-hydrogen) atoms. The SMILES string of the molecule is O=C(CN1CCN(C(=O)N2CCOCC2)CC1)c1ccccc1. The zero-order valence-corrected chi connectivity index (χ0v) is 13.3. The van der Waals surface area contributed by atoms with Gasteiger partial charge in [-0.1, -0.05) is 30.3 Å². The van der Waals surface area contributed by atoms with Crippen LogP contribution in [0.4, 0.5) is 4.79 Å². The smallest absolute Gasteiger partial charge is 0.320 e. The molecular formula is C17H23N3O3. The lowest BCUT2D eigenvalue weighted by Gasteiger charge is -2.38. The molecule has 1 aromatic rings. The molecule has 6 heteroatoms. The molecule has 2 aliphatic rings. The van der Waals surface area contributed by atoms with Crippen molar-refractivity contribution in [3.8, 4) is 0 Å². The topological polar surface area (TPSA) is 53.1 Å². The maximum absolute atomic E-state index is 12.4. The van der Waals surface area contributed by atoms with Crippen molar-refractivity contribution >= 4 is 11.8 Å². The van der Waals surface area contributed by atoms with Crippen LogP contribution in [0.15, 0.2) is 30.3 Å². The molecule has 3 rings (SSSR count). The summed E-state index contributed by atoms with van der Waals surface area (Å²) in [6.45, 7) is 5.86. The molecule has 0 unspecified atom stereocenters. The normalized spacial score (nSPS) is 19.7. The van der Waals surface area contributed by atoms with Crippen LogP contribution in [0.5, 0.6) is 0 Å². The van der Waals surface area contributed by atoms with Crippen LogP contribution < -0.4 is 0 Å². The first kappa shape index (κ1) is 16.0. The van der Waals surface area contributed by atoms with Gasteiger partial charge in [-0.25, -0.2) is 4.79 Å². The van der Waals surface area contributed by atoms with Crippen LogP contribution in [0.25, 0.3) is 0 Å². The summed E-state index contributed by atoms with van der Waals surface area (Å²) in [7, 11) is 0. The van der Waals surface area contributed by atoms with Crippen molar-refractivity contribution in [2.45, 2.75) is 0 Å². The number of rotatable bonds is 3. The number of hydrogen-bond donors (Lipinski definition) is 0. The van der Waals surface area contributed by atoms with Gasteiger partial charge in [0, 0.05) is 44.8 Å². The lowest BCUT2D eigenvalue weighted by atomic mass is 10.1. The summed E-state index contributed by atoms with van der Waals surface area (Å²) in [5.41, 5.74) is 0.749. The molecule has 6 nitrogen and oxygen atoms in total. The first-order valence-corrected chi connectivity index (χ1v) is 8.16. The summed E-state index contributed by atoms with van der Waals surface area (Å²) >= 11 is 0. The summed E-state index contributed by atoms with van der Waals surface area (Å²) in [6, 6.07) is 9.47. The monoisotopic (exact) mass is 317 g/mol. The summed E-state index contributed by atoms with van der Waals surface area (Å²) in [5.74, 6) is 0.138. The van der Waals surface area contributed by atoms with Crippen LogP contribution >= 0.6 is 0 Å². The van der Waals surface area contributed by atoms with Crippen LogP contribution in [0.2, 0.25) is 0 Å². The number of benzene rings is 1. The van der Waals surface area contributed by atoms with Crippen molar-refractivity contribution < 1.29 is 14.3 Å². The molecule has 0 N–H and O–H groups in total. The van der Waals surface area contributed by atoms with Gasteiger partial charge < -0.3 is 14.5 Å². The number of Topliss-reactive ketones (excluding diaryl/α,β-unsaturated/α-hetero) is 1. The van der Waals surface area contributed by atoms with E-state index in [1.807, 2.05) is 40.1 Å². The molecule has 2 fully saturated rings. The lowest BCUT2D eigenvalue weighted by Crippen LogP contribution is -2.55. The zero-order chi connectivity index (χ0) is 16.1. The van der Waals surface area contributed by atoms with E-state index < -0.39 is 0 Å². The van der Waals surface area contributed by atoms with Crippen molar-refractivity contribution in [2.24, 2.45) is 0 Å². The number of ether oxygens (including phenoxy) is 1. The van der Waals surface area contributed by atoms with Gasteiger partial charge in [-0.15, -0.1) is 0 Å². The number of hydrogen-bond acceptors (Lipinski definition) is 4. The minimum atomic E-state index is 0.0994. The van der Waals surface area contributed by atoms with Crippen molar-refractivity contribution in [3.05, 3.63) is 35.9 Å². The van der Waals surface area contributed by atoms with E-state index in [2.05, 4.69) is 4.90 Å². The Labute approximate surface area is 136 Å². The maximum Gasteiger partial charge on any atom is 0.320 e. The number of amides is 2. The summed E-state index contributed by atoms with van der Waals surface area (Å²) < 4.78 is 5.28. The van der Waals surface area contributed by atoms with E-state index in [9.17, 15) is 9.59 Å². The Bertz CT molecular complexity index is 535. The van der Waals surface area contributed by atoms with Crippen molar-refractivity contribution in [2.75, 3.05) is 59.0 Å². The fourth-order valence-corrected chi connectivity index (χ4v) is 2.97. The quantitative estimate of drug-likeness (QED) is 0.779. The highest BCUT2D eigenvalue weighted by atomic mass is 16.5. The Morgan fingerprint density at radius 2 is 1.48 bits per heavy atom. The predicted molar refractivity (Wildman–Crippen MR) is 86.6 cm³/mol. The molecule has 2 amide bonds. The second-order valence-corrected chi connectivity index (χ2v) is 5.93. The Morgan fingerprint density at radius 1 is 0.870 bits per heavy atom. The Morgan fingerprint density at radius 3 is 2.13 bits per heavy atom. The van der Waals surface area contributed by atoms with Crippen molar-refractivity contribution in [1.29, 1.82) is 0 Å². The average molecular weight is 317 g/mol. The minimum absolute atomic E-state index is 0.0994. The number of morpholine rings is 1. The lowest BCUT2D eigenvalue weighted by molar-refractivity contribution is 0.0376. The van der Waals surface area contributed by atoms with Crippen molar-refractivity contribution in [3.63, 3.8) is 0 Å². The predicted octanol–water partition coefficient (Wildman–Crippen LogP) is 0.939. The van der Waals surface area contributed by atoms with Crippen LogP contribution in [0, 0.1) is 0 Å². The Balaban J connectivity index is 1.46. The number of carbonyl (C=O) groups is 2. The summed E-state index contributed by atoms with van der Waals surface area (Å²) in [6.07, 6.45) is 0. The van der Waals surface area contributed by atoms with E-state index in [1.165, 1.54) is 0 Å². The molecule has 0 aliphatic carbocycles. The van der Waals surface area contributed by atoms with Crippen LogP contribution in [-0.4, -0.2) is 85.5 Å². The highest BCUT2D eigenvalue weighted by molar-refractivity contribution is 5.97. The van der Waals surface area contributed by atoms with E-state index in [4.69, 9.17) is 4.74 Å². The van der Waals surface area contributed by atoms with Crippen LogP contribution in [0.3, 0.4) is 0 Å². The molecule has 1 aromatic carbocycles. The van der Waals surface area contributed by atoms with Crippen molar-refractivity contribution in [1.82, 2.24) is 14.7 Å². The van der Waals surface area contributed by atoms with E-state index in [0.29, 0.717) is 45.9 Å². The van der Waals surface area contributed by atoms with Crippen LogP contribution in [-0.2, 0) is 4.74 Å². The molecule has 0 spiro atoms. The third-order valence-corrected chi connectivity index (χ3v) is 4.39. The summed E-state index contributed by atoms with van der Waals surface area (Å²) in [4.78, 5) is 30.5. The third kappa shape index (κ3) is 4.09. The van der Waals surface area contributed by atoms with Gasteiger partial charge in [0.05, 0.1) is 19.8 Å². The fraction of sp³-hybridized carbons (Fsp3) is 0.529. The van der Waals surface area contributed by atoms with E-state index in [-0.39, 0.29) is 11.8 Å². The highest BCUT2D eigenvalue weighted by Gasteiger charge is 2.27. The first-order chi connectivity index (χ1) is 11.2. The largest absolute Gasteiger partial charge is 0.378 e. The number of ketones is 1. The third-order valence-electron chi connectivity index (χ3n) is 4.39. The molecule has 124 valence electrons. The molecule has 0 atom stereocenters. The second-order valence-electron chi connectivity index (χ2n) is 5.93. The van der Waals surface area contributed by atoms with Gasteiger partial charge in [0.15, 0.2) is 5.78 Å². The molecule has 2 heterocycles. The molecule has 0 radical (unpaired) electrons. The average Bonchev–Trinajstić information content (AvgIpc) is 2.63. The second kappa shape index (κ2) is 7.57. The van der Waals surface area contributed by atoms with Gasteiger partial charge in [-0.3, -0.25) is 9.69 Å². The maximum atomic E-state index is 12.4. The zero-order valence-electron chi connectivity index (χ0n) is 13.3. The Hall–Kier alpha value is -1.92. The van der Waals surface area contributed by atoms with E-state index >= 15 is 0 Å². The van der Waals surface area contributed by atoms with Gasteiger partial charge in [0.25, 0.3) is 0 Å². The van der Waals surface area contributed by atoms with E-state index in [1.54, 1.807) is 0 Å². The molecule has 2 aliphatic heterocycles. The van der Waals surface area contributed by atoms with Crippen LogP contribution in [0.1, 0.15) is 10.4 Å². The van der Waals surface area contributed by atoms with Gasteiger partial charge in [0.2, 0.25) is 0 Å². The molecule has 0 bridgehead atoms. The minimum Gasteiger partial charge on any atom is -0.378 e.